The lowest BCUT2D eigenvalue weighted by Crippen LogP contribution is -2.30. The van der Waals surface area contributed by atoms with Crippen LogP contribution in [0.15, 0.2) is 23.1 Å². The summed E-state index contributed by atoms with van der Waals surface area (Å²) in [6.45, 7) is 3.52. The lowest BCUT2D eigenvalue weighted by Gasteiger charge is -2.25. The monoisotopic (exact) mass is 250 g/mol. The van der Waals surface area contributed by atoms with Gasteiger partial charge < -0.3 is 10.1 Å². The predicted molar refractivity (Wildman–Crippen MR) is 67.0 cm³/mol. The summed E-state index contributed by atoms with van der Waals surface area (Å²) in [5, 5.41) is 2.85. The van der Waals surface area contributed by atoms with E-state index >= 15 is 0 Å². The Balaban J connectivity index is 1.72. The number of morpholine rings is 1. The maximum absolute atomic E-state index is 11.3. The lowest BCUT2D eigenvalue weighted by molar-refractivity contribution is -0.115. The van der Waals surface area contributed by atoms with Crippen LogP contribution in [0.25, 0.3) is 0 Å². The molecular weight excluding hydrogens is 236 g/mol. The van der Waals surface area contributed by atoms with Gasteiger partial charge in [0.15, 0.2) is 0 Å². The van der Waals surface area contributed by atoms with Crippen LogP contribution < -0.4 is 5.32 Å². The molecule has 3 rings (SSSR count). The molecule has 1 aromatic rings. The number of carbonyl (C=O) groups excluding carboxylic acids is 1. The third-order valence-corrected chi connectivity index (χ3v) is 3.99. The zero-order chi connectivity index (χ0) is 11.7. The van der Waals surface area contributed by atoms with Gasteiger partial charge in [0.05, 0.1) is 19.6 Å². The summed E-state index contributed by atoms with van der Waals surface area (Å²) in [6.07, 6.45) is 0.507. The van der Waals surface area contributed by atoms with E-state index in [1.54, 1.807) is 11.9 Å². The Morgan fingerprint density at radius 3 is 2.94 bits per heavy atom. The first kappa shape index (κ1) is 11.1. The normalized spacial score (nSPS) is 20.1. The third kappa shape index (κ3) is 2.46. The highest BCUT2D eigenvalue weighted by molar-refractivity contribution is 7.97. The predicted octanol–water partition coefficient (Wildman–Crippen LogP) is 1.52. The highest BCUT2D eigenvalue weighted by Crippen LogP contribution is 2.30. The third-order valence-electron chi connectivity index (χ3n) is 2.91. The summed E-state index contributed by atoms with van der Waals surface area (Å²) in [5.74, 6) is 0.0912. The van der Waals surface area contributed by atoms with E-state index in [1.807, 2.05) is 6.07 Å². The molecule has 0 spiro atoms. The summed E-state index contributed by atoms with van der Waals surface area (Å²) in [4.78, 5) is 12.5. The van der Waals surface area contributed by atoms with Gasteiger partial charge in [0.25, 0.3) is 0 Å². The molecule has 0 bridgehead atoms. The van der Waals surface area contributed by atoms with Crippen molar-refractivity contribution in [1.29, 1.82) is 0 Å². The second-order valence-corrected chi connectivity index (χ2v) is 5.35. The van der Waals surface area contributed by atoms with Crippen LogP contribution in [0, 0.1) is 0 Å². The molecule has 5 heteroatoms. The molecule has 4 nitrogen and oxygen atoms in total. The van der Waals surface area contributed by atoms with Gasteiger partial charge in [0.1, 0.15) is 0 Å². The second-order valence-electron chi connectivity index (χ2n) is 4.18. The molecule has 2 aliphatic heterocycles. The molecule has 0 radical (unpaired) electrons. The molecule has 1 amide bonds. The van der Waals surface area contributed by atoms with Crippen LogP contribution in [0.4, 0.5) is 5.69 Å². The van der Waals surface area contributed by atoms with Crippen LogP contribution in [-0.2, 0) is 16.0 Å². The number of fused-ring (bicyclic) bond motifs is 1. The van der Waals surface area contributed by atoms with Crippen molar-refractivity contribution in [2.24, 2.45) is 0 Å². The van der Waals surface area contributed by atoms with Crippen molar-refractivity contribution in [2.45, 2.75) is 11.3 Å². The molecule has 2 heterocycles. The molecule has 90 valence electrons. The van der Waals surface area contributed by atoms with E-state index in [0.29, 0.717) is 6.42 Å². The quantitative estimate of drug-likeness (QED) is 0.808. The Kier molecular flexibility index (Phi) is 3.05. The summed E-state index contributed by atoms with van der Waals surface area (Å²) in [5.41, 5.74) is 2.06. The number of rotatable bonds is 2. The zero-order valence-corrected chi connectivity index (χ0v) is 10.3. The van der Waals surface area contributed by atoms with Crippen LogP contribution in [-0.4, -0.2) is 36.5 Å². The standard InChI is InChI=1S/C12H14N2O2S/c15-12-8-9-7-10(1-2-11(9)13-12)17-14-3-5-16-6-4-14/h1-2,7H,3-6,8H2,(H,13,15). The van der Waals surface area contributed by atoms with E-state index in [4.69, 9.17) is 4.74 Å². The van der Waals surface area contributed by atoms with E-state index < -0.39 is 0 Å². The van der Waals surface area contributed by atoms with Crippen LogP contribution >= 0.6 is 11.9 Å². The van der Waals surface area contributed by atoms with Gasteiger partial charge in [-0.25, -0.2) is 4.31 Å². The van der Waals surface area contributed by atoms with Crippen molar-refractivity contribution in [3.8, 4) is 0 Å². The van der Waals surface area contributed by atoms with Crippen LogP contribution in [0.2, 0.25) is 0 Å². The zero-order valence-electron chi connectivity index (χ0n) is 9.44. The minimum atomic E-state index is 0.0912. The van der Waals surface area contributed by atoms with Gasteiger partial charge in [0, 0.05) is 23.7 Å². The van der Waals surface area contributed by atoms with Crippen molar-refractivity contribution < 1.29 is 9.53 Å². The molecule has 1 N–H and O–H groups in total. The molecule has 1 fully saturated rings. The fraction of sp³-hybridized carbons (Fsp3) is 0.417. The number of carbonyl (C=O) groups is 1. The molecule has 17 heavy (non-hydrogen) atoms. The summed E-state index contributed by atoms with van der Waals surface area (Å²) >= 11 is 1.75. The van der Waals surface area contributed by atoms with Crippen LogP contribution in [0.1, 0.15) is 5.56 Å². The summed E-state index contributed by atoms with van der Waals surface area (Å²) in [7, 11) is 0. The number of hydrogen-bond acceptors (Lipinski definition) is 4. The fourth-order valence-electron chi connectivity index (χ4n) is 2.05. The summed E-state index contributed by atoms with van der Waals surface area (Å²) in [6, 6.07) is 6.15. The highest BCUT2D eigenvalue weighted by atomic mass is 32.2. The van der Waals surface area contributed by atoms with E-state index in [9.17, 15) is 4.79 Å². The highest BCUT2D eigenvalue weighted by Gasteiger charge is 2.18. The maximum atomic E-state index is 11.3. The van der Waals surface area contributed by atoms with Gasteiger partial charge in [-0.05, 0) is 35.7 Å². The van der Waals surface area contributed by atoms with Gasteiger partial charge in [-0.3, -0.25) is 4.79 Å². The second kappa shape index (κ2) is 4.68. The van der Waals surface area contributed by atoms with Gasteiger partial charge >= 0.3 is 0 Å². The fourth-order valence-corrected chi connectivity index (χ4v) is 3.00. The van der Waals surface area contributed by atoms with E-state index in [-0.39, 0.29) is 5.91 Å². The van der Waals surface area contributed by atoms with Gasteiger partial charge in [-0.2, -0.15) is 0 Å². The molecule has 1 saturated heterocycles. The lowest BCUT2D eigenvalue weighted by atomic mass is 10.2. The SMILES string of the molecule is O=C1Cc2cc(SN3CCOCC3)ccc2N1. The minimum Gasteiger partial charge on any atom is -0.379 e. The van der Waals surface area contributed by atoms with Gasteiger partial charge in [-0.1, -0.05) is 0 Å². The molecule has 1 aromatic carbocycles. The van der Waals surface area contributed by atoms with Crippen molar-refractivity contribution in [3.05, 3.63) is 23.8 Å². The van der Waals surface area contributed by atoms with Crippen LogP contribution in [0.5, 0.6) is 0 Å². The minimum absolute atomic E-state index is 0.0912. The Hall–Kier alpha value is -1.04. The van der Waals surface area contributed by atoms with Crippen molar-refractivity contribution in [1.82, 2.24) is 4.31 Å². The molecule has 0 atom stereocenters. The Labute approximate surface area is 104 Å². The Morgan fingerprint density at radius 1 is 1.29 bits per heavy atom. The van der Waals surface area contributed by atoms with Gasteiger partial charge in [-0.15, -0.1) is 0 Å². The molecular formula is C12H14N2O2S. The number of anilines is 1. The first-order valence-electron chi connectivity index (χ1n) is 5.75. The molecule has 2 aliphatic rings. The Bertz CT molecular complexity index is 444. The number of hydrogen-bond donors (Lipinski definition) is 1. The van der Waals surface area contributed by atoms with Crippen LogP contribution in [0.3, 0.4) is 0 Å². The average Bonchev–Trinajstić information content (AvgIpc) is 2.70. The molecule has 0 saturated carbocycles. The van der Waals surface area contributed by atoms with E-state index in [1.165, 1.54) is 4.90 Å². The number of amides is 1. The number of ether oxygens (including phenoxy) is 1. The molecule has 0 unspecified atom stereocenters. The topological polar surface area (TPSA) is 41.6 Å². The van der Waals surface area contributed by atoms with Crippen molar-refractivity contribution in [3.63, 3.8) is 0 Å². The maximum Gasteiger partial charge on any atom is 0.228 e. The number of benzene rings is 1. The average molecular weight is 250 g/mol. The smallest absolute Gasteiger partial charge is 0.228 e. The molecule has 0 aliphatic carbocycles. The van der Waals surface area contributed by atoms with E-state index in [0.717, 1.165) is 37.6 Å². The largest absolute Gasteiger partial charge is 0.379 e. The summed E-state index contributed by atoms with van der Waals surface area (Å²) < 4.78 is 7.62. The molecule has 0 aromatic heterocycles. The van der Waals surface area contributed by atoms with E-state index in [2.05, 4.69) is 21.8 Å². The number of nitrogens with zero attached hydrogens (tertiary/aromatic N) is 1. The van der Waals surface area contributed by atoms with Crippen molar-refractivity contribution >= 4 is 23.5 Å². The Morgan fingerprint density at radius 2 is 2.12 bits per heavy atom. The first-order chi connectivity index (χ1) is 8.31. The van der Waals surface area contributed by atoms with Gasteiger partial charge in [0.2, 0.25) is 5.91 Å². The first-order valence-corrected chi connectivity index (χ1v) is 6.52. The number of nitrogens with one attached hydrogen (secondary N) is 1. The van der Waals surface area contributed by atoms with Crippen molar-refractivity contribution in [2.75, 3.05) is 31.6 Å².